The van der Waals surface area contributed by atoms with Crippen molar-refractivity contribution >= 4 is 12.2 Å². The first-order valence-electron chi connectivity index (χ1n) is 5.65. The zero-order valence-corrected chi connectivity index (χ0v) is 10.3. The van der Waals surface area contributed by atoms with Crippen LogP contribution in [-0.4, -0.2) is 4.98 Å². The van der Waals surface area contributed by atoms with Gasteiger partial charge in [-0.25, -0.2) is 4.98 Å². The number of nitrogens with zero attached hydrogens (tertiary/aromatic N) is 1. The molecular weight excluding hydrogens is 269 g/mol. The molecule has 1 aromatic heterocycles. The summed E-state index contributed by atoms with van der Waals surface area (Å²) in [7, 11) is 0. The third-order valence-corrected chi connectivity index (χ3v) is 2.58. The van der Waals surface area contributed by atoms with Gasteiger partial charge in [-0.15, -0.1) is 0 Å². The lowest BCUT2D eigenvalue weighted by Gasteiger charge is -2.05. The van der Waals surface area contributed by atoms with Gasteiger partial charge in [-0.1, -0.05) is 6.58 Å². The molecule has 0 saturated carbocycles. The summed E-state index contributed by atoms with van der Waals surface area (Å²) in [6.45, 7) is 3.57. The molecule has 0 atom stereocenters. The van der Waals surface area contributed by atoms with Gasteiger partial charge in [0.25, 0.3) is 0 Å². The van der Waals surface area contributed by atoms with Gasteiger partial charge in [-0.05, 0) is 42.6 Å². The molecule has 0 radical (unpaired) electrons. The smallest absolute Gasteiger partial charge is 0.416 e. The Labute approximate surface area is 113 Å². The number of rotatable bonds is 3. The molecule has 1 heterocycles. The Morgan fingerprint density at radius 1 is 1.20 bits per heavy atom. The van der Waals surface area contributed by atoms with Crippen LogP contribution in [0.2, 0.25) is 0 Å². The summed E-state index contributed by atoms with van der Waals surface area (Å²) in [5.74, 6) is 0.614. The second-order valence-electron chi connectivity index (χ2n) is 3.91. The molecule has 20 heavy (non-hydrogen) atoms. The molecule has 2 N–H and O–H groups in total. The number of oxazole rings is 1. The zero-order valence-electron chi connectivity index (χ0n) is 10.3. The maximum absolute atomic E-state index is 12.5. The van der Waals surface area contributed by atoms with E-state index in [4.69, 9.17) is 10.2 Å². The van der Waals surface area contributed by atoms with Crippen LogP contribution in [0.1, 0.15) is 17.0 Å². The predicted octanol–water partition coefficient (Wildman–Crippen LogP) is 3.93. The molecule has 0 unspecified atom stereocenters. The second-order valence-corrected chi connectivity index (χ2v) is 3.91. The summed E-state index contributed by atoms with van der Waals surface area (Å²) >= 11 is 0. The molecule has 3 nitrogen and oxygen atoms in total. The maximum atomic E-state index is 12.5. The van der Waals surface area contributed by atoms with Gasteiger partial charge in [0.2, 0.25) is 5.89 Å². The fourth-order valence-electron chi connectivity index (χ4n) is 1.63. The van der Waals surface area contributed by atoms with Crippen molar-refractivity contribution in [2.75, 3.05) is 0 Å². The van der Waals surface area contributed by atoms with E-state index < -0.39 is 11.7 Å². The van der Waals surface area contributed by atoms with E-state index in [0.717, 1.165) is 12.1 Å². The minimum Gasteiger partial charge on any atom is -0.436 e. The van der Waals surface area contributed by atoms with E-state index in [1.165, 1.54) is 30.5 Å². The number of alkyl halides is 3. The fourth-order valence-corrected chi connectivity index (χ4v) is 1.63. The molecule has 2 aromatic rings. The Kier molecular flexibility index (Phi) is 3.65. The first-order chi connectivity index (χ1) is 9.45. The van der Waals surface area contributed by atoms with Crippen molar-refractivity contribution in [2.24, 2.45) is 5.73 Å². The SMILES string of the molecule is C=Cc1oc(-c2ccc(C(F)(F)F)cc2)nc1/C=C/N. The van der Waals surface area contributed by atoms with Crippen molar-refractivity contribution in [3.63, 3.8) is 0 Å². The third kappa shape index (κ3) is 2.74. The molecule has 1 aromatic carbocycles. The molecule has 0 spiro atoms. The van der Waals surface area contributed by atoms with Gasteiger partial charge in [0.15, 0.2) is 5.76 Å². The molecule has 0 amide bonds. The van der Waals surface area contributed by atoms with E-state index >= 15 is 0 Å². The molecule has 0 aliphatic rings. The van der Waals surface area contributed by atoms with Gasteiger partial charge in [0.05, 0.1) is 5.56 Å². The average Bonchev–Trinajstić information content (AvgIpc) is 2.81. The summed E-state index contributed by atoms with van der Waals surface area (Å²) < 4.78 is 42.8. The molecule has 104 valence electrons. The number of aromatic nitrogens is 1. The second kappa shape index (κ2) is 5.24. The van der Waals surface area contributed by atoms with Crippen molar-refractivity contribution < 1.29 is 17.6 Å². The first kappa shape index (κ1) is 13.9. The lowest BCUT2D eigenvalue weighted by Crippen LogP contribution is -2.03. The van der Waals surface area contributed by atoms with Crippen molar-refractivity contribution in [2.45, 2.75) is 6.18 Å². The number of halogens is 3. The summed E-state index contributed by atoms with van der Waals surface area (Å²) in [6.07, 6.45) is -0.0970. The highest BCUT2D eigenvalue weighted by Gasteiger charge is 2.30. The van der Waals surface area contributed by atoms with Crippen LogP contribution < -0.4 is 5.73 Å². The van der Waals surface area contributed by atoms with Gasteiger partial charge in [0, 0.05) is 5.56 Å². The van der Waals surface area contributed by atoms with Crippen molar-refractivity contribution in [1.29, 1.82) is 0 Å². The molecule has 0 aliphatic carbocycles. The van der Waals surface area contributed by atoms with Gasteiger partial charge < -0.3 is 10.2 Å². The van der Waals surface area contributed by atoms with Crippen LogP contribution in [0.25, 0.3) is 23.6 Å². The van der Waals surface area contributed by atoms with Crippen molar-refractivity contribution in [3.8, 4) is 11.5 Å². The van der Waals surface area contributed by atoms with E-state index in [-0.39, 0.29) is 5.89 Å². The fraction of sp³-hybridized carbons (Fsp3) is 0.0714. The minimum atomic E-state index is -4.37. The Balaban J connectivity index is 2.39. The van der Waals surface area contributed by atoms with Gasteiger partial charge in [0.1, 0.15) is 5.69 Å². The monoisotopic (exact) mass is 280 g/mol. The average molecular weight is 280 g/mol. The maximum Gasteiger partial charge on any atom is 0.416 e. The van der Waals surface area contributed by atoms with Crippen molar-refractivity contribution in [1.82, 2.24) is 4.98 Å². The normalized spacial score (nSPS) is 11.9. The Morgan fingerprint density at radius 2 is 1.85 bits per heavy atom. The predicted molar refractivity (Wildman–Crippen MR) is 70.3 cm³/mol. The Morgan fingerprint density at radius 3 is 2.35 bits per heavy atom. The molecule has 2 rings (SSSR count). The Hall–Kier alpha value is -2.50. The highest BCUT2D eigenvalue weighted by molar-refractivity contribution is 5.63. The summed E-state index contributed by atoms with van der Waals surface area (Å²) in [5.41, 5.74) is 5.47. The molecular formula is C14H11F3N2O. The highest BCUT2D eigenvalue weighted by Crippen LogP contribution is 2.31. The summed E-state index contributed by atoms with van der Waals surface area (Å²) in [6, 6.07) is 4.56. The minimum absolute atomic E-state index is 0.210. The lowest BCUT2D eigenvalue weighted by atomic mass is 10.1. The first-order valence-corrected chi connectivity index (χ1v) is 5.65. The van der Waals surface area contributed by atoms with Crippen LogP contribution in [0.5, 0.6) is 0 Å². The van der Waals surface area contributed by atoms with Crippen LogP contribution in [-0.2, 0) is 6.18 Å². The molecule has 0 saturated heterocycles. The van der Waals surface area contributed by atoms with Crippen LogP contribution in [0.3, 0.4) is 0 Å². The van der Waals surface area contributed by atoms with Gasteiger partial charge in [-0.3, -0.25) is 0 Å². The van der Waals surface area contributed by atoms with Crippen LogP contribution in [0.4, 0.5) is 13.2 Å². The molecule has 6 heteroatoms. The topological polar surface area (TPSA) is 52.0 Å². The van der Waals surface area contributed by atoms with E-state index in [1.807, 2.05) is 0 Å². The number of nitrogens with two attached hydrogens (primary N) is 1. The number of benzene rings is 1. The third-order valence-electron chi connectivity index (χ3n) is 2.58. The number of hydrogen-bond donors (Lipinski definition) is 1. The van der Waals surface area contributed by atoms with Crippen molar-refractivity contribution in [3.05, 3.63) is 54.1 Å². The Bertz CT molecular complexity index is 639. The summed E-state index contributed by atoms with van der Waals surface area (Å²) in [5, 5.41) is 0. The highest BCUT2D eigenvalue weighted by atomic mass is 19.4. The van der Waals surface area contributed by atoms with Crippen LogP contribution in [0.15, 0.2) is 41.5 Å². The quantitative estimate of drug-likeness (QED) is 0.926. The van der Waals surface area contributed by atoms with E-state index in [2.05, 4.69) is 11.6 Å². The van der Waals surface area contributed by atoms with Gasteiger partial charge in [-0.2, -0.15) is 13.2 Å². The molecule has 0 aliphatic heterocycles. The molecule has 0 fully saturated rings. The largest absolute Gasteiger partial charge is 0.436 e. The van der Waals surface area contributed by atoms with Gasteiger partial charge >= 0.3 is 6.18 Å². The summed E-state index contributed by atoms with van der Waals surface area (Å²) in [4.78, 5) is 4.15. The van der Waals surface area contributed by atoms with E-state index in [0.29, 0.717) is 17.0 Å². The molecule has 0 bridgehead atoms. The van der Waals surface area contributed by atoms with Crippen LogP contribution >= 0.6 is 0 Å². The zero-order chi connectivity index (χ0) is 14.8. The number of hydrogen-bond acceptors (Lipinski definition) is 3. The van der Waals surface area contributed by atoms with E-state index in [1.54, 1.807) is 0 Å². The lowest BCUT2D eigenvalue weighted by molar-refractivity contribution is -0.137. The van der Waals surface area contributed by atoms with E-state index in [9.17, 15) is 13.2 Å². The standard InChI is InChI=1S/C14H11F3N2O/c1-2-12-11(7-8-18)19-13(20-12)9-3-5-10(6-4-9)14(15,16)17/h2-8H,1,18H2/b8-7+. The van der Waals surface area contributed by atoms with Crippen LogP contribution in [0, 0.1) is 0 Å².